The number of fused-ring (bicyclic) bond motifs is 1. The van der Waals surface area contributed by atoms with Crippen LogP contribution in [0.1, 0.15) is 11.1 Å². The molecule has 0 fully saturated rings. The van der Waals surface area contributed by atoms with E-state index in [1.54, 1.807) is 6.07 Å². The molecule has 1 heterocycles. The van der Waals surface area contributed by atoms with Crippen molar-refractivity contribution in [1.29, 1.82) is 5.26 Å². The molecule has 2 aromatic carbocycles. The summed E-state index contributed by atoms with van der Waals surface area (Å²) in [6.07, 6.45) is 5.79. The smallest absolute Gasteiger partial charge is 0.0998 e. The third-order valence-electron chi connectivity index (χ3n) is 3.73. The number of nitrogens with zero attached hydrogens (tertiary/aromatic N) is 2. The second kappa shape index (κ2) is 6.56. The molecule has 0 amide bonds. The highest BCUT2D eigenvalue weighted by molar-refractivity contribution is 6.32. The van der Waals surface area contributed by atoms with Crippen LogP contribution >= 0.6 is 11.6 Å². The van der Waals surface area contributed by atoms with Crippen LogP contribution in [-0.2, 0) is 6.54 Å². The first kappa shape index (κ1) is 15.1. The van der Waals surface area contributed by atoms with Gasteiger partial charge in [0.2, 0.25) is 0 Å². The molecule has 3 rings (SSSR count). The largest absolute Gasteiger partial charge is 0.343 e. The molecular formula is C20H15ClN2. The number of halogens is 1. The Hall–Kier alpha value is -2.76. The van der Waals surface area contributed by atoms with Gasteiger partial charge >= 0.3 is 0 Å². The van der Waals surface area contributed by atoms with Gasteiger partial charge in [0.15, 0.2) is 0 Å². The van der Waals surface area contributed by atoms with E-state index >= 15 is 0 Å². The number of rotatable bonds is 4. The summed E-state index contributed by atoms with van der Waals surface area (Å²) in [6.45, 7) is 4.53. The van der Waals surface area contributed by atoms with Gasteiger partial charge in [-0.2, -0.15) is 5.26 Å². The van der Waals surface area contributed by atoms with Crippen molar-refractivity contribution in [1.82, 2.24) is 4.57 Å². The molecule has 0 aliphatic carbocycles. The highest BCUT2D eigenvalue weighted by atomic mass is 35.5. The van der Waals surface area contributed by atoms with Gasteiger partial charge in [0, 0.05) is 39.8 Å². The quantitative estimate of drug-likeness (QED) is 0.458. The van der Waals surface area contributed by atoms with Gasteiger partial charge in [-0.1, -0.05) is 54.1 Å². The van der Waals surface area contributed by atoms with Crippen LogP contribution < -0.4 is 0 Å². The fourth-order valence-electron chi connectivity index (χ4n) is 2.69. The number of nitriles is 1. The maximum absolute atomic E-state index is 9.55. The Morgan fingerprint density at radius 1 is 1.17 bits per heavy atom. The van der Waals surface area contributed by atoms with Crippen molar-refractivity contribution in [3.05, 3.63) is 83.5 Å². The van der Waals surface area contributed by atoms with Crippen LogP contribution in [0.2, 0.25) is 5.02 Å². The summed E-state index contributed by atoms with van der Waals surface area (Å²) in [5, 5.41) is 11.2. The van der Waals surface area contributed by atoms with E-state index in [1.807, 2.05) is 48.7 Å². The average molecular weight is 319 g/mol. The Labute approximate surface area is 140 Å². The highest BCUT2D eigenvalue weighted by Gasteiger charge is 2.09. The van der Waals surface area contributed by atoms with Gasteiger partial charge in [0.05, 0.1) is 11.6 Å². The zero-order chi connectivity index (χ0) is 16.2. The van der Waals surface area contributed by atoms with Gasteiger partial charge in [0.1, 0.15) is 0 Å². The van der Waals surface area contributed by atoms with Gasteiger partial charge in [-0.05, 0) is 18.2 Å². The number of allylic oxidation sites excluding steroid dienone is 2. The predicted molar refractivity (Wildman–Crippen MR) is 97.1 cm³/mol. The number of aromatic nitrogens is 1. The molecule has 0 N–H and O–H groups in total. The SMILES string of the molecule is C=CCn1cc(C=C(C#N)c2ccccc2Cl)c2ccccc21. The first-order valence-electron chi connectivity index (χ1n) is 7.30. The fourth-order valence-corrected chi connectivity index (χ4v) is 2.92. The van der Waals surface area contributed by atoms with Crippen molar-refractivity contribution in [2.45, 2.75) is 6.54 Å². The second-order valence-electron chi connectivity index (χ2n) is 5.19. The summed E-state index contributed by atoms with van der Waals surface area (Å²) < 4.78 is 2.12. The molecule has 112 valence electrons. The Bertz CT molecular complexity index is 942. The van der Waals surface area contributed by atoms with Crippen molar-refractivity contribution in [3.8, 4) is 6.07 Å². The van der Waals surface area contributed by atoms with Crippen molar-refractivity contribution in [2.24, 2.45) is 0 Å². The van der Waals surface area contributed by atoms with E-state index in [-0.39, 0.29) is 0 Å². The molecule has 0 radical (unpaired) electrons. The summed E-state index contributed by atoms with van der Waals surface area (Å²) in [5.74, 6) is 0. The lowest BCUT2D eigenvalue weighted by atomic mass is 10.0. The van der Waals surface area contributed by atoms with Crippen LogP contribution in [0.4, 0.5) is 0 Å². The van der Waals surface area contributed by atoms with Crippen molar-refractivity contribution >= 4 is 34.2 Å². The van der Waals surface area contributed by atoms with Crippen LogP contribution in [0.15, 0.2) is 67.4 Å². The topological polar surface area (TPSA) is 28.7 Å². The molecule has 23 heavy (non-hydrogen) atoms. The normalized spacial score (nSPS) is 11.4. The number of benzene rings is 2. The van der Waals surface area contributed by atoms with E-state index in [4.69, 9.17) is 11.6 Å². The molecule has 0 atom stereocenters. The van der Waals surface area contributed by atoms with Crippen LogP contribution in [-0.4, -0.2) is 4.57 Å². The predicted octanol–water partition coefficient (Wildman–Crippen LogP) is 5.54. The fraction of sp³-hybridized carbons (Fsp3) is 0.0500. The van der Waals surface area contributed by atoms with Crippen molar-refractivity contribution in [3.63, 3.8) is 0 Å². The zero-order valence-corrected chi connectivity index (χ0v) is 13.3. The van der Waals surface area contributed by atoms with E-state index in [0.717, 1.165) is 28.6 Å². The summed E-state index contributed by atoms with van der Waals surface area (Å²) in [5.41, 5.74) is 3.42. The number of hydrogen-bond donors (Lipinski definition) is 0. The molecule has 0 aliphatic heterocycles. The van der Waals surface area contributed by atoms with Gasteiger partial charge in [0.25, 0.3) is 0 Å². The van der Waals surface area contributed by atoms with Gasteiger partial charge < -0.3 is 4.57 Å². The van der Waals surface area contributed by atoms with E-state index in [1.165, 1.54) is 0 Å². The lowest BCUT2D eigenvalue weighted by molar-refractivity contribution is 0.865. The third-order valence-corrected chi connectivity index (χ3v) is 4.06. The molecule has 0 saturated carbocycles. The summed E-state index contributed by atoms with van der Waals surface area (Å²) >= 11 is 6.23. The number of hydrogen-bond acceptors (Lipinski definition) is 1. The molecule has 3 aromatic rings. The van der Waals surface area contributed by atoms with E-state index in [9.17, 15) is 5.26 Å². The molecule has 3 heteroatoms. The highest BCUT2D eigenvalue weighted by Crippen LogP contribution is 2.29. The van der Waals surface area contributed by atoms with Crippen LogP contribution in [0.3, 0.4) is 0 Å². The summed E-state index contributed by atoms with van der Waals surface area (Å²) in [6, 6.07) is 17.8. The lowest BCUT2D eigenvalue weighted by Crippen LogP contribution is -1.91. The summed E-state index contributed by atoms with van der Waals surface area (Å²) in [4.78, 5) is 0. The van der Waals surface area contributed by atoms with Crippen LogP contribution in [0.25, 0.3) is 22.6 Å². The first-order valence-corrected chi connectivity index (χ1v) is 7.68. The van der Waals surface area contributed by atoms with Gasteiger partial charge in [-0.15, -0.1) is 6.58 Å². The minimum absolute atomic E-state index is 0.553. The molecule has 1 aromatic heterocycles. The van der Waals surface area contributed by atoms with E-state index < -0.39 is 0 Å². The van der Waals surface area contributed by atoms with E-state index in [2.05, 4.69) is 29.3 Å². The molecule has 2 nitrogen and oxygen atoms in total. The lowest BCUT2D eigenvalue weighted by Gasteiger charge is -2.01. The molecular weight excluding hydrogens is 304 g/mol. The van der Waals surface area contributed by atoms with Crippen LogP contribution in [0.5, 0.6) is 0 Å². The second-order valence-corrected chi connectivity index (χ2v) is 5.60. The maximum Gasteiger partial charge on any atom is 0.0998 e. The zero-order valence-electron chi connectivity index (χ0n) is 12.5. The third kappa shape index (κ3) is 2.92. The monoisotopic (exact) mass is 318 g/mol. The molecule has 0 saturated heterocycles. The number of para-hydroxylation sites is 1. The summed E-state index contributed by atoms with van der Waals surface area (Å²) in [7, 11) is 0. The minimum Gasteiger partial charge on any atom is -0.343 e. The van der Waals surface area contributed by atoms with Gasteiger partial charge in [-0.25, -0.2) is 0 Å². The van der Waals surface area contributed by atoms with E-state index in [0.29, 0.717) is 10.6 Å². The van der Waals surface area contributed by atoms with Crippen molar-refractivity contribution in [2.75, 3.05) is 0 Å². The van der Waals surface area contributed by atoms with Crippen molar-refractivity contribution < 1.29 is 0 Å². The molecule has 0 bridgehead atoms. The van der Waals surface area contributed by atoms with Crippen LogP contribution in [0, 0.1) is 11.3 Å². The Morgan fingerprint density at radius 2 is 1.91 bits per heavy atom. The standard InChI is InChI=1S/C20H15ClN2/c1-2-11-23-14-16(18-8-4-6-10-20(18)23)12-15(13-22)17-7-3-5-9-19(17)21/h2-10,12,14H,1,11H2. The Morgan fingerprint density at radius 3 is 2.65 bits per heavy atom. The average Bonchev–Trinajstić information content (AvgIpc) is 2.92. The molecule has 0 aliphatic rings. The Balaban J connectivity index is 2.18. The van der Waals surface area contributed by atoms with Gasteiger partial charge in [-0.3, -0.25) is 0 Å². The molecule has 0 spiro atoms. The minimum atomic E-state index is 0.553. The first-order chi connectivity index (χ1) is 11.2. The maximum atomic E-state index is 9.55. The molecule has 0 unspecified atom stereocenters. The Kier molecular flexibility index (Phi) is 4.32.